The lowest BCUT2D eigenvalue weighted by atomic mass is 9.96. The van der Waals surface area contributed by atoms with Crippen LogP contribution in [-0.2, 0) is 69.0 Å². The lowest BCUT2D eigenvalue weighted by Crippen LogP contribution is -2.61. The zero-order chi connectivity index (χ0) is 49.2. The molecule has 7 atom stereocenters. The number of hydrogen-bond acceptors (Lipinski definition) is 14. The van der Waals surface area contributed by atoms with Crippen LogP contribution in [0.1, 0.15) is 64.9 Å². The Hall–Kier alpha value is -6.86. The van der Waals surface area contributed by atoms with Gasteiger partial charge in [-0.15, -0.1) is 0 Å². The van der Waals surface area contributed by atoms with Crippen molar-refractivity contribution in [2.75, 3.05) is 31.6 Å². The van der Waals surface area contributed by atoms with Crippen LogP contribution in [0.25, 0.3) is 0 Å². The number of carbonyl (C=O) groups is 11. The van der Waals surface area contributed by atoms with E-state index in [0.29, 0.717) is 12.0 Å². The van der Waals surface area contributed by atoms with Gasteiger partial charge in [0.15, 0.2) is 9.84 Å². The summed E-state index contributed by atoms with van der Waals surface area (Å²) in [5.74, 6) is -13.2. The van der Waals surface area contributed by atoms with Crippen LogP contribution in [-0.4, -0.2) is 151 Å². The van der Waals surface area contributed by atoms with Gasteiger partial charge in [0.2, 0.25) is 65.0 Å². The second kappa shape index (κ2) is 25.4. The highest BCUT2D eigenvalue weighted by Crippen LogP contribution is 2.15. The van der Waals surface area contributed by atoms with Gasteiger partial charge < -0.3 is 64.4 Å². The van der Waals surface area contributed by atoms with Crippen molar-refractivity contribution < 1.29 is 66.3 Å². The summed E-state index contributed by atoms with van der Waals surface area (Å²) in [5.41, 5.74) is 16.2. The number of nitrogens with two attached hydrogens (primary N) is 3. The van der Waals surface area contributed by atoms with E-state index in [0.717, 1.165) is 11.9 Å². The molecule has 0 unspecified atom stereocenters. The summed E-state index contributed by atoms with van der Waals surface area (Å²) in [5, 5.41) is 26.3. The first kappa shape index (κ1) is 54.3. The zero-order valence-corrected chi connectivity index (χ0v) is 37.3. The molecule has 360 valence electrons. The predicted molar refractivity (Wildman–Crippen MR) is 228 cm³/mol. The Morgan fingerprint density at radius 3 is 1.98 bits per heavy atom. The number of phenols is 1. The van der Waals surface area contributed by atoms with Crippen LogP contribution < -0.4 is 54.4 Å². The number of primary amides is 3. The van der Waals surface area contributed by atoms with Crippen molar-refractivity contribution in [1.82, 2.24) is 42.1 Å². The molecule has 0 aromatic heterocycles. The molecule has 26 heteroatoms. The second-order valence-corrected chi connectivity index (χ2v) is 17.9. The van der Waals surface area contributed by atoms with E-state index < -0.39 is 174 Å². The maximum atomic E-state index is 13.9. The molecule has 11 amide bonds. The number of phenolic OH excluding ortho intramolecular Hbond substituents is 1. The lowest BCUT2D eigenvalue weighted by molar-refractivity contribution is -0.140. The minimum Gasteiger partial charge on any atom is -0.508 e. The predicted octanol–water partition coefficient (Wildman–Crippen LogP) is -5.68. The Kier molecular flexibility index (Phi) is 21.2. The normalized spacial score (nSPS) is 22.2. The molecule has 65 heavy (non-hydrogen) atoms. The Balaban J connectivity index is 2.62. The molecule has 1 heterocycles. The van der Waals surface area contributed by atoms with Gasteiger partial charge in [0.1, 0.15) is 42.0 Å². The summed E-state index contributed by atoms with van der Waals surface area (Å²) in [7, 11) is -3.16. The van der Waals surface area contributed by atoms with E-state index in [2.05, 4.69) is 37.2 Å². The fraction of sp³-hybridized carbons (Fsp3) is 0.564. The summed E-state index contributed by atoms with van der Waals surface area (Å²) in [6.07, 6.45) is -3.11. The number of benzene rings is 1. The summed E-state index contributed by atoms with van der Waals surface area (Å²) < 4.78 is 26.8. The number of carbonyl (C=O) groups excluding carboxylic acids is 11. The van der Waals surface area contributed by atoms with Crippen LogP contribution in [0.15, 0.2) is 24.3 Å². The molecule has 0 saturated carbocycles. The van der Waals surface area contributed by atoms with Gasteiger partial charge in [-0.2, -0.15) is 0 Å². The Bertz CT molecular complexity index is 2070. The van der Waals surface area contributed by atoms with Crippen LogP contribution >= 0.6 is 0 Å². The highest BCUT2D eigenvalue weighted by molar-refractivity contribution is 7.91. The molecule has 1 aromatic rings. The molecule has 1 saturated heterocycles. The molecule has 0 bridgehead atoms. The van der Waals surface area contributed by atoms with Crippen LogP contribution in [0, 0.1) is 5.92 Å². The number of likely N-dealkylation sites (N-methyl/N-ethyl adjacent to an activating group) is 1. The van der Waals surface area contributed by atoms with Crippen molar-refractivity contribution in [1.29, 1.82) is 0 Å². The molecular weight excluding hydrogens is 879 g/mol. The third kappa shape index (κ3) is 19.2. The number of sulfone groups is 1. The van der Waals surface area contributed by atoms with E-state index in [1.54, 1.807) is 13.8 Å². The van der Waals surface area contributed by atoms with Gasteiger partial charge in [-0.3, -0.25) is 52.7 Å². The molecule has 0 radical (unpaired) electrons. The third-order valence-electron chi connectivity index (χ3n) is 10.1. The molecule has 1 aliphatic rings. The number of aromatic hydroxyl groups is 1. The minimum atomic E-state index is -4.26. The van der Waals surface area contributed by atoms with Crippen LogP contribution in [0.4, 0.5) is 0 Å². The maximum Gasteiger partial charge on any atom is 0.245 e. The van der Waals surface area contributed by atoms with Gasteiger partial charge in [-0.25, -0.2) is 8.42 Å². The first-order chi connectivity index (χ1) is 30.3. The topological polar surface area (TPSA) is 408 Å². The monoisotopic (exact) mass is 937 g/mol. The SMILES string of the molecule is CC[C@H](C)[C@@H]1NC(=O)[C@H](Cc2ccc(O)cc2)NC(=O)CCS(=O)(=O)CC[C@@H](C(=O)N(C)CC(=O)N[C@@H](C)C(=O)NCC(N)=O)NC(=O)[C@H](CC(N)=O)NC(=O)[C@H](CCC(N)=O)NC1=O. The zero-order valence-electron chi connectivity index (χ0n) is 36.5. The summed E-state index contributed by atoms with van der Waals surface area (Å²) >= 11 is 0. The quantitative estimate of drug-likeness (QED) is 0.0737. The minimum absolute atomic E-state index is 0.0936. The number of rotatable bonds is 16. The van der Waals surface area contributed by atoms with Gasteiger partial charge in [-0.05, 0) is 43.4 Å². The average molecular weight is 938 g/mol. The molecule has 0 spiro atoms. The number of amides is 11. The molecule has 0 aliphatic carbocycles. The Labute approximate surface area is 374 Å². The van der Waals surface area contributed by atoms with Gasteiger partial charge in [0, 0.05) is 26.3 Å². The number of hydrogen-bond donors (Lipinski definition) is 11. The Morgan fingerprint density at radius 2 is 1.40 bits per heavy atom. The molecule has 1 fully saturated rings. The smallest absolute Gasteiger partial charge is 0.245 e. The van der Waals surface area contributed by atoms with Crippen LogP contribution in [0.3, 0.4) is 0 Å². The highest BCUT2D eigenvalue weighted by atomic mass is 32.2. The van der Waals surface area contributed by atoms with Gasteiger partial charge in [-0.1, -0.05) is 32.4 Å². The maximum absolute atomic E-state index is 13.9. The van der Waals surface area contributed by atoms with Crippen molar-refractivity contribution in [3.8, 4) is 5.75 Å². The summed E-state index contributed by atoms with van der Waals surface area (Å²) in [6.45, 7) is 3.28. The number of nitrogens with zero attached hydrogens (tertiary/aromatic N) is 1. The molecule has 25 nitrogen and oxygen atoms in total. The van der Waals surface area contributed by atoms with E-state index in [4.69, 9.17) is 17.2 Å². The average Bonchev–Trinajstić information content (AvgIpc) is 3.22. The van der Waals surface area contributed by atoms with Crippen molar-refractivity contribution in [3.05, 3.63) is 29.8 Å². The van der Waals surface area contributed by atoms with Gasteiger partial charge in [0.05, 0.1) is 31.0 Å². The van der Waals surface area contributed by atoms with Crippen LogP contribution in [0.2, 0.25) is 0 Å². The van der Waals surface area contributed by atoms with E-state index in [9.17, 15) is 66.3 Å². The molecule has 1 aromatic carbocycles. The Morgan fingerprint density at radius 1 is 0.800 bits per heavy atom. The third-order valence-corrected chi connectivity index (χ3v) is 11.8. The van der Waals surface area contributed by atoms with Gasteiger partial charge >= 0.3 is 0 Å². The second-order valence-electron chi connectivity index (χ2n) is 15.6. The molecule has 14 N–H and O–H groups in total. The standard InChI is InChI=1S/C39H59N11O14S/c1-5-20(2)33-38(61)46-24(10-11-28(40)52)35(58)48-27(17-29(41)53)36(59)47-25(39(62)50(4)19-32(56)44-21(3)34(57)43-18-30(42)54)12-14-65(63,64)15-13-31(55)45-26(37(60)49-33)16-22-6-8-23(51)9-7-22/h6-9,20-21,24-27,33,51H,5,10-19H2,1-4H3,(H2,40,52)(H2,41,53)(H2,42,54)(H,43,57)(H,44,56)(H,45,55)(H,46,61)(H,47,59)(H,48,58)(H,49,60)/t20-,21-,24-,25-,26-,27-,33-/m0/s1. The summed E-state index contributed by atoms with van der Waals surface area (Å²) in [4.78, 5) is 144. The lowest BCUT2D eigenvalue weighted by Gasteiger charge is -2.29. The van der Waals surface area contributed by atoms with E-state index in [-0.39, 0.29) is 12.2 Å². The fourth-order valence-corrected chi connectivity index (χ4v) is 7.51. The largest absolute Gasteiger partial charge is 0.508 e. The van der Waals surface area contributed by atoms with Crippen LogP contribution in [0.5, 0.6) is 5.75 Å². The van der Waals surface area contributed by atoms with E-state index in [1.807, 2.05) is 0 Å². The molecule has 1 aliphatic heterocycles. The molecular formula is C39H59N11O14S. The van der Waals surface area contributed by atoms with Gasteiger partial charge in [0.25, 0.3) is 0 Å². The van der Waals surface area contributed by atoms with E-state index >= 15 is 0 Å². The van der Waals surface area contributed by atoms with E-state index in [1.165, 1.54) is 31.2 Å². The first-order valence-electron chi connectivity index (χ1n) is 20.5. The summed E-state index contributed by atoms with van der Waals surface area (Å²) in [6, 6.07) is -3.74. The first-order valence-corrected chi connectivity index (χ1v) is 22.3. The van der Waals surface area contributed by atoms with Crippen molar-refractivity contribution >= 4 is 74.8 Å². The fourth-order valence-electron chi connectivity index (χ4n) is 6.22. The van der Waals surface area contributed by atoms with Crippen molar-refractivity contribution in [2.24, 2.45) is 23.1 Å². The molecule has 2 rings (SSSR count). The highest BCUT2D eigenvalue weighted by Gasteiger charge is 2.36. The number of nitrogens with one attached hydrogen (secondary N) is 7. The van der Waals surface area contributed by atoms with Crippen molar-refractivity contribution in [2.45, 2.75) is 102 Å². The van der Waals surface area contributed by atoms with Crippen molar-refractivity contribution in [3.63, 3.8) is 0 Å².